The number of hydrogen-bond acceptors (Lipinski definition) is 3. The van der Waals surface area contributed by atoms with E-state index in [1.54, 1.807) is 7.11 Å². The molecule has 0 aromatic heterocycles. The van der Waals surface area contributed by atoms with Gasteiger partial charge in [0.05, 0.1) is 7.11 Å². The number of hydrogen-bond donors (Lipinski definition) is 2. The Morgan fingerprint density at radius 1 is 1.26 bits per heavy atom. The van der Waals surface area contributed by atoms with E-state index in [9.17, 15) is 4.79 Å². The number of rotatable bonds is 5. The van der Waals surface area contributed by atoms with E-state index in [2.05, 4.69) is 16.7 Å². The monoisotopic (exact) mass is 310 g/mol. The Kier molecular flexibility index (Phi) is 4.93. The van der Waals surface area contributed by atoms with Gasteiger partial charge in [0.1, 0.15) is 5.75 Å². The van der Waals surface area contributed by atoms with Crippen molar-refractivity contribution in [1.82, 2.24) is 10.6 Å². The molecule has 1 fully saturated rings. The van der Waals surface area contributed by atoms with Crippen LogP contribution in [-0.4, -0.2) is 26.1 Å². The zero-order valence-corrected chi connectivity index (χ0v) is 13.3. The van der Waals surface area contributed by atoms with E-state index in [0.29, 0.717) is 12.5 Å². The van der Waals surface area contributed by atoms with Crippen LogP contribution in [0.4, 0.5) is 0 Å². The van der Waals surface area contributed by atoms with Gasteiger partial charge in [-0.2, -0.15) is 0 Å². The first-order valence-corrected chi connectivity index (χ1v) is 7.98. The van der Waals surface area contributed by atoms with E-state index in [0.717, 1.165) is 42.0 Å². The maximum absolute atomic E-state index is 12.6. The fourth-order valence-electron chi connectivity index (χ4n) is 3.04. The van der Waals surface area contributed by atoms with Crippen molar-refractivity contribution in [3.8, 4) is 5.75 Å². The summed E-state index contributed by atoms with van der Waals surface area (Å²) < 4.78 is 5.21. The van der Waals surface area contributed by atoms with Gasteiger partial charge in [-0.15, -0.1) is 0 Å². The average molecular weight is 310 g/mol. The molecule has 2 aromatic rings. The highest BCUT2D eigenvalue weighted by Crippen LogP contribution is 2.25. The molecular weight excluding hydrogens is 288 g/mol. The molecule has 120 valence electrons. The second kappa shape index (κ2) is 7.29. The number of carbonyl (C=O) groups excluding carboxylic acids is 1. The fraction of sp³-hybridized carbons (Fsp3) is 0.316. The Morgan fingerprint density at radius 3 is 2.91 bits per heavy atom. The van der Waals surface area contributed by atoms with Gasteiger partial charge >= 0.3 is 0 Å². The number of ether oxygens (including phenoxy) is 1. The molecule has 0 radical (unpaired) electrons. The van der Waals surface area contributed by atoms with Crippen molar-refractivity contribution < 1.29 is 9.53 Å². The summed E-state index contributed by atoms with van der Waals surface area (Å²) in [4.78, 5) is 12.6. The van der Waals surface area contributed by atoms with Crippen LogP contribution in [0.25, 0.3) is 0 Å². The minimum atomic E-state index is -0.0182. The molecular formula is C19H22N2O2. The molecule has 1 heterocycles. The van der Waals surface area contributed by atoms with E-state index >= 15 is 0 Å². The van der Waals surface area contributed by atoms with Gasteiger partial charge in [0, 0.05) is 18.7 Å². The second-order valence-corrected chi connectivity index (χ2v) is 5.81. The van der Waals surface area contributed by atoms with E-state index in [-0.39, 0.29) is 5.91 Å². The lowest BCUT2D eigenvalue weighted by Crippen LogP contribution is -2.24. The van der Waals surface area contributed by atoms with Crippen LogP contribution in [0.1, 0.15) is 33.8 Å². The maximum Gasteiger partial charge on any atom is 0.251 e. The molecule has 1 saturated heterocycles. The van der Waals surface area contributed by atoms with Crippen LogP contribution >= 0.6 is 0 Å². The minimum Gasteiger partial charge on any atom is -0.497 e. The quantitative estimate of drug-likeness (QED) is 0.893. The van der Waals surface area contributed by atoms with Crippen LogP contribution in [0.2, 0.25) is 0 Å². The predicted molar refractivity (Wildman–Crippen MR) is 90.8 cm³/mol. The van der Waals surface area contributed by atoms with Crippen molar-refractivity contribution in [1.29, 1.82) is 0 Å². The highest BCUT2D eigenvalue weighted by atomic mass is 16.5. The van der Waals surface area contributed by atoms with Crippen LogP contribution in [-0.2, 0) is 6.54 Å². The summed E-state index contributed by atoms with van der Waals surface area (Å²) in [6.45, 7) is 2.46. The minimum absolute atomic E-state index is 0.0182. The van der Waals surface area contributed by atoms with Gasteiger partial charge in [0.2, 0.25) is 0 Å². The van der Waals surface area contributed by atoms with Crippen molar-refractivity contribution in [2.75, 3.05) is 20.2 Å². The number of benzene rings is 2. The summed E-state index contributed by atoms with van der Waals surface area (Å²) >= 11 is 0. The van der Waals surface area contributed by atoms with E-state index < -0.39 is 0 Å². The summed E-state index contributed by atoms with van der Waals surface area (Å²) in [6, 6.07) is 15.7. The van der Waals surface area contributed by atoms with Crippen molar-refractivity contribution in [3.63, 3.8) is 0 Å². The van der Waals surface area contributed by atoms with Crippen molar-refractivity contribution in [2.45, 2.75) is 18.9 Å². The van der Waals surface area contributed by atoms with Gasteiger partial charge in [-0.05, 0) is 48.2 Å². The topological polar surface area (TPSA) is 50.4 Å². The molecule has 0 unspecified atom stereocenters. The molecule has 4 nitrogen and oxygen atoms in total. The summed E-state index contributed by atoms with van der Waals surface area (Å²) in [5, 5.41) is 6.38. The summed E-state index contributed by atoms with van der Waals surface area (Å²) in [5.74, 6) is 1.21. The molecule has 0 spiro atoms. The third-order valence-electron chi connectivity index (χ3n) is 4.29. The zero-order valence-electron chi connectivity index (χ0n) is 13.3. The highest BCUT2D eigenvalue weighted by Gasteiger charge is 2.21. The molecule has 0 aliphatic carbocycles. The largest absolute Gasteiger partial charge is 0.497 e. The Bertz CT molecular complexity index is 679. The van der Waals surface area contributed by atoms with Gasteiger partial charge < -0.3 is 15.4 Å². The van der Waals surface area contributed by atoms with Crippen LogP contribution in [0.3, 0.4) is 0 Å². The molecule has 3 rings (SSSR count). The first-order chi connectivity index (χ1) is 11.3. The van der Waals surface area contributed by atoms with Gasteiger partial charge in [0.15, 0.2) is 0 Å². The SMILES string of the molecule is COc1cccc(CNC(=O)c2ccccc2[C@H]2CCNC2)c1. The molecule has 1 amide bonds. The summed E-state index contributed by atoms with van der Waals surface area (Å²) in [7, 11) is 1.64. The van der Waals surface area contributed by atoms with Gasteiger partial charge in [-0.3, -0.25) is 4.79 Å². The third-order valence-corrected chi connectivity index (χ3v) is 4.29. The molecule has 0 saturated carbocycles. The molecule has 23 heavy (non-hydrogen) atoms. The lowest BCUT2D eigenvalue weighted by Gasteiger charge is -2.15. The van der Waals surface area contributed by atoms with E-state index in [1.165, 1.54) is 0 Å². The van der Waals surface area contributed by atoms with Crippen LogP contribution in [0.15, 0.2) is 48.5 Å². The molecule has 1 aliphatic heterocycles. The standard InChI is InChI=1S/C19H22N2O2/c1-23-16-6-4-5-14(11-16)12-21-19(22)18-8-3-2-7-17(18)15-9-10-20-13-15/h2-8,11,15,20H,9-10,12-13H2,1H3,(H,21,22)/t15-/m0/s1. The molecule has 0 bridgehead atoms. The van der Waals surface area contributed by atoms with Gasteiger partial charge in [-0.25, -0.2) is 0 Å². The van der Waals surface area contributed by atoms with Gasteiger partial charge in [-0.1, -0.05) is 30.3 Å². The van der Waals surface area contributed by atoms with Crippen molar-refractivity contribution >= 4 is 5.91 Å². The lowest BCUT2D eigenvalue weighted by molar-refractivity contribution is 0.0949. The number of nitrogens with one attached hydrogen (secondary N) is 2. The fourth-order valence-corrected chi connectivity index (χ4v) is 3.04. The smallest absolute Gasteiger partial charge is 0.251 e. The van der Waals surface area contributed by atoms with Crippen molar-refractivity contribution in [2.24, 2.45) is 0 Å². The highest BCUT2D eigenvalue weighted by molar-refractivity contribution is 5.95. The Balaban J connectivity index is 1.70. The molecule has 1 atom stereocenters. The Morgan fingerprint density at radius 2 is 2.13 bits per heavy atom. The number of carbonyl (C=O) groups is 1. The molecule has 2 aromatic carbocycles. The summed E-state index contributed by atoms with van der Waals surface area (Å²) in [5.41, 5.74) is 2.95. The first-order valence-electron chi connectivity index (χ1n) is 7.98. The summed E-state index contributed by atoms with van der Waals surface area (Å²) in [6.07, 6.45) is 1.08. The Labute approximate surface area is 136 Å². The van der Waals surface area contributed by atoms with E-state index in [4.69, 9.17) is 4.74 Å². The Hall–Kier alpha value is -2.33. The lowest BCUT2D eigenvalue weighted by atomic mass is 9.93. The normalized spacial score (nSPS) is 17.0. The molecule has 1 aliphatic rings. The third kappa shape index (κ3) is 3.71. The molecule has 2 N–H and O–H groups in total. The van der Waals surface area contributed by atoms with Crippen LogP contribution in [0, 0.1) is 0 Å². The van der Waals surface area contributed by atoms with E-state index in [1.807, 2.05) is 42.5 Å². The zero-order chi connectivity index (χ0) is 16.1. The van der Waals surface area contributed by atoms with Crippen LogP contribution in [0.5, 0.6) is 5.75 Å². The maximum atomic E-state index is 12.6. The number of amides is 1. The van der Waals surface area contributed by atoms with Gasteiger partial charge in [0.25, 0.3) is 5.91 Å². The number of methoxy groups -OCH3 is 1. The average Bonchev–Trinajstić information content (AvgIpc) is 3.14. The van der Waals surface area contributed by atoms with Crippen LogP contribution < -0.4 is 15.4 Å². The predicted octanol–water partition coefficient (Wildman–Crippen LogP) is 2.70. The second-order valence-electron chi connectivity index (χ2n) is 5.81. The first kappa shape index (κ1) is 15.6. The molecule has 4 heteroatoms. The van der Waals surface area contributed by atoms with Crippen molar-refractivity contribution in [3.05, 3.63) is 65.2 Å².